The summed E-state index contributed by atoms with van der Waals surface area (Å²) in [6.45, 7) is 5.02. The van der Waals surface area contributed by atoms with E-state index in [0.717, 1.165) is 13.0 Å². The quantitative estimate of drug-likeness (QED) is 0.747. The van der Waals surface area contributed by atoms with Gasteiger partial charge >= 0.3 is 0 Å². The fourth-order valence-corrected chi connectivity index (χ4v) is 2.71. The van der Waals surface area contributed by atoms with Gasteiger partial charge in [-0.2, -0.15) is 0 Å². The van der Waals surface area contributed by atoms with Crippen LogP contribution in [0.1, 0.15) is 30.6 Å². The fraction of sp³-hybridized carbons (Fsp3) is 0.462. The summed E-state index contributed by atoms with van der Waals surface area (Å²) in [5, 5.41) is 3.29. The van der Waals surface area contributed by atoms with Gasteiger partial charge in [0.2, 0.25) is 0 Å². The summed E-state index contributed by atoms with van der Waals surface area (Å²) in [4.78, 5) is 14.1. The molecule has 1 unspecified atom stereocenters. The Morgan fingerprint density at radius 3 is 3.00 bits per heavy atom. The zero-order valence-corrected chi connectivity index (χ0v) is 9.96. The molecule has 3 nitrogen and oxygen atoms in total. The van der Waals surface area contributed by atoms with Crippen molar-refractivity contribution in [2.24, 2.45) is 5.41 Å². The van der Waals surface area contributed by atoms with E-state index in [-0.39, 0.29) is 23.3 Å². The average molecular weight is 234 g/mol. The Kier molecular flexibility index (Phi) is 2.00. The highest BCUT2D eigenvalue weighted by Gasteiger charge is 2.46. The zero-order valence-electron chi connectivity index (χ0n) is 9.96. The minimum absolute atomic E-state index is 0.00863. The van der Waals surface area contributed by atoms with Crippen LogP contribution in [0.15, 0.2) is 18.2 Å². The lowest BCUT2D eigenvalue weighted by Gasteiger charge is -2.38. The Balaban J connectivity index is 2.08. The minimum Gasteiger partial charge on any atom is -0.364 e. The molecule has 1 amide bonds. The molecule has 1 aromatic carbocycles. The minimum atomic E-state index is -0.312. The van der Waals surface area contributed by atoms with Crippen molar-refractivity contribution in [2.75, 3.05) is 11.9 Å². The SMILES string of the molecule is CC1(C)CCN2C(=O)c3ccc(F)cc3NC21. The first kappa shape index (κ1) is 10.6. The number of hydrogen-bond acceptors (Lipinski definition) is 2. The molecule has 0 radical (unpaired) electrons. The summed E-state index contributed by atoms with van der Waals surface area (Å²) in [6, 6.07) is 4.29. The lowest BCUT2D eigenvalue weighted by atomic mass is 9.88. The van der Waals surface area contributed by atoms with Gasteiger partial charge in [-0.25, -0.2) is 4.39 Å². The summed E-state index contributed by atoms with van der Waals surface area (Å²) >= 11 is 0. The van der Waals surface area contributed by atoms with Gasteiger partial charge < -0.3 is 10.2 Å². The lowest BCUT2D eigenvalue weighted by molar-refractivity contribution is 0.0699. The van der Waals surface area contributed by atoms with Crippen LogP contribution in [0.5, 0.6) is 0 Å². The summed E-state index contributed by atoms with van der Waals surface area (Å²) in [6.07, 6.45) is 0.941. The zero-order chi connectivity index (χ0) is 12.2. The first-order valence-electron chi connectivity index (χ1n) is 5.86. The number of fused-ring (bicyclic) bond motifs is 2. The number of amides is 1. The maximum atomic E-state index is 13.2. The summed E-state index contributed by atoms with van der Waals surface area (Å²) in [5.41, 5.74) is 1.21. The Labute approximate surface area is 99.6 Å². The van der Waals surface area contributed by atoms with Gasteiger partial charge in [0.25, 0.3) is 5.91 Å². The predicted octanol–water partition coefficient (Wildman–Crippen LogP) is 2.45. The highest BCUT2D eigenvalue weighted by molar-refractivity contribution is 6.01. The predicted molar refractivity (Wildman–Crippen MR) is 63.2 cm³/mol. The van der Waals surface area contributed by atoms with E-state index in [1.54, 1.807) is 6.07 Å². The molecule has 0 bridgehead atoms. The van der Waals surface area contributed by atoms with Crippen molar-refractivity contribution in [3.63, 3.8) is 0 Å². The summed E-state index contributed by atoms with van der Waals surface area (Å²) in [7, 11) is 0. The number of carbonyl (C=O) groups excluding carboxylic acids is 1. The molecule has 1 aromatic rings. The lowest BCUT2D eigenvalue weighted by Crippen LogP contribution is -2.49. The molecule has 1 saturated heterocycles. The van der Waals surface area contributed by atoms with Crippen molar-refractivity contribution in [3.8, 4) is 0 Å². The van der Waals surface area contributed by atoms with E-state index in [2.05, 4.69) is 19.2 Å². The Morgan fingerprint density at radius 2 is 2.24 bits per heavy atom. The van der Waals surface area contributed by atoms with E-state index in [9.17, 15) is 9.18 Å². The van der Waals surface area contributed by atoms with Crippen molar-refractivity contribution in [2.45, 2.75) is 26.4 Å². The van der Waals surface area contributed by atoms with E-state index in [1.807, 2.05) is 4.90 Å². The van der Waals surface area contributed by atoms with Crippen LogP contribution in [0.3, 0.4) is 0 Å². The van der Waals surface area contributed by atoms with E-state index in [1.165, 1.54) is 12.1 Å². The molecule has 0 saturated carbocycles. The summed E-state index contributed by atoms with van der Waals surface area (Å²) in [5.74, 6) is -0.303. The molecule has 3 rings (SSSR count). The molecule has 4 heteroatoms. The van der Waals surface area contributed by atoms with E-state index in [4.69, 9.17) is 0 Å². The maximum absolute atomic E-state index is 13.2. The second kappa shape index (κ2) is 3.22. The normalized spacial score (nSPS) is 25.2. The van der Waals surface area contributed by atoms with Crippen LogP contribution in [0.25, 0.3) is 0 Å². The van der Waals surface area contributed by atoms with Crippen molar-refractivity contribution in [1.82, 2.24) is 4.90 Å². The van der Waals surface area contributed by atoms with Gasteiger partial charge in [-0.15, -0.1) is 0 Å². The molecule has 2 aliphatic rings. The standard InChI is InChI=1S/C13H15FN2O/c1-13(2)5-6-16-11(17)9-4-3-8(14)7-10(9)15-12(13)16/h3-4,7,12,15H,5-6H2,1-2H3. The van der Waals surface area contributed by atoms with Crippen molar-refractivity contribution < 1.29 is 9.18 Å². The van der Waals surface area contributed by atoms with Crippen molar-refractivity contribution >= 4 is 11.6 Å². The molecule has 2 aliphatic heterocycles. The van der Waals surface area contributed by atoms with Crippen LogP contribution in [0.4, 0.5) is 10.1 Å². The van der Waals surface area contributed by atoms with Crippen molar-refractivity contribution in [1.29, 1.82) is 0 Å². The highest BCUT2D eigenvalue weighted by Crippen LogP contribution is 2.41. The van der Waals surface area contributed by atoms with Gasteiger partial charge in [-0.1, -0.05) is 13.8 Å². The van der Waals surface area contributed by atoms with Crippen molar-refractivity contribution in [3.05, 3.63) is 29.6 Å². The number of hydrogen-bond donors (Lipinski definition) is 1. The van der Waals surface area contributed by atoms with Crippen LogP contribution in [-0.4, -0.2) is 23.5 Å². The maximum Gasteiger partial charge on any atom is 0.257 e. The largest absolute Gasteiger partial charge is 0.364 e. The monoisotopic (exact) mass is 234 g/mol. The average Bonchev–Trinajstić information content (AvgIpc) is 2.55. The van der Waals surface area contributed by atoms with Gasteiger partial charge in [0.15, 0.2) is 0 Å². The molecule has 0 spiro atoms. The van der Waals surface area contributed by atoms with Gasteiger partial charge in [0.1, 0.15) is 12.0 Å². The van der Waals surface area contributed by atoms with Gasteiger partial charge in [0.05, 0.1) is 11.3 Å². The molecule has 1 N–H and O–H groups in total. The van der Waals surface area contributed by atoms with Crippen LogP contribution in [-0.2, 0) is 0 Å². The molecule has 0 aromatic heterocycles. The Hall–Kier alpha value is -1.58. The second-order valence-electron chi connectivity index (χ2n) is 5.47. The Morgan fingerprint density at radius 1 is 1.47 bits per heavy atom. The molecule has 90 valence electrons. The third-order valence-corrected chi connectivity index (χ3v) is 3.81. The molecule has 0 aliphatic carbocycles. The number of halogens is 1. The fourth-order valence-electron chi connectivity index (χ4n) is 2.71. The van der Waals surface area contributed by atoms with Crippen LogP contribution in [0.2, 0.25) is 0 Å². The van der Waals surface area contributed by atoms with Gasteiger partial charge in [0, 0.05) is 12.0 Å². The molecule has 1 atom stereocenters. The number of nitrogens with zero attached hydrogens (tertiary/aromatic N) is 1. The third kappa shape index (κ3) is 1.43. The van der Waals surface area contributed by atoms with Crippen LogP contribution in [0, 0.1) is 11.2 Å². The first-order valence-corrected chi connectivity index (χ1v) is 5.86. The number of benzene rings is 1. The van der Waals surface area contributed by atoms with E-state index < -0.39 is 0 Å². The number of carbonyl (C=O) groups is 1. The van der Waals surface area contributed by atoms with Crippen LogP contribution < -0.4 is 5.32 Å². The topological polar surface area (TPSA) is 32.3 Å². The second-order valence-corrected chi connectivity index (χ2v) is 5.47. The third-order valence-electron chi connectivity index (χ3n) is 3.81. The van der Waals surface area contributed by atoms with E-state index in [0.29, 0.717) is 11.3 Å². The summed E-state index contributed by atoms with van der Waals surface area (Å²) < 4.78 is 13.2. The van der Waals surface area contributed by atoms with Crippen LogP contribution >= 0.6 is 0 Å². The molecular weight excluding hydrogens is 219 g/mol. The highest BCUT2D eigenvalue weighted by atomic mass is 19.1. The molecule has 1 fully saturated rings. The Bertz CT molecular complexity index is 498. The van der Waals surface area contributed by atoms with E-state index >= 15 is 0 Å². The number of rotatable bonds is 0. The molecule has 17 heavy (non-hydrogen) atoms. The van der Waals surface area contributed by atoms with Gasteiger partial charge in [-0.05, 0) is 24.6 Å². The first-order chi connectivity index (χ1) is 7.99. The molecule has 2 heterocycles. The smallest absolute Gasteiger partial charge is 0.257 e. The van der Waals surface area contributed by atoms with Gasteiger partial charge in [-0.3, -0.25) is 4.79 Å². The number of nitrogens with one attached hydrogen (secondary N) is 1. The number of anilines is 1. The molecular formula is C13H15FN2O.